The lowest BCUT2D eigenvalue weighted by molar-refractivity contribution is -0.136. The molecule has 0 unspecified atom stereocenters. The van der Waals surface area contributed by atoms with E-state index in [1.165, 1.54) is 25.3 Å². The number of nitrogens with one attached hydrogen (secondary N) is 3. The van der Waals surface area contributed by atoms with Gasteiger partial charge < -0.3 is 20.4 Å². The van der Waals surface area contributed by atoms with Crippen molar-refractivity contribution in [2.75, 3.05) is 30.5 Å². The van der Waals surface area contributed by atoms with E-state index in [0.29, 0.717) is 18.2 Å². The Morgan fingerprint density at radius 1 is 1.25 bits per heavy atom. The topological polar surface area (TPSA) is 109 Å². The molecule has 1 aliphatic carbocycles. The number of anilines is 3. The molecule has 1 aromatic carbocycles. The van der Waals surface area contributed by atoms with Crippen molar-refractivity contribution in [3.8, 4) is 5.75 Å². The quantitative estimate of drug-likeness (QED) is 0.472. The SMILES string of the molecule is COc1cc(S(C)(=O)=O)ccc1Nc1nc(NCC2CCC2)c2c(C(F)(F)F)c[nH]c2n1. The molecule has 0 atom stereocenters. The summed E-state index contributed by atoms with van der Waals surface area (Å²) in [5.41, 5.74) is -0.449. The summed E-state index contributed by atoms with van der Waals surface area (Å²) in [7, 11) is -2.07. The maximum Gasteiger partial charge on any atom is 0.418 e. The summed E-state index contributed by atoms with van der Waals surface area (Å²) in [6.45, 7) is 0.514. The highest BCUT2D eigenvalue weighted by atomic mass is 32.2. The maximum absolute atomic E-state index is 13.5. The number of aromatic amines is 1. The van der Waals surface area contributed by atoms with Crippen molar-refractivity contribution in [2.24, 2.45) is 5.92 Å². The number of fused-ring (bicyclic) bond motifs is 1. The van der Waals surface area contributed by atoms with Gasteiger partial charge >= 0.3 is 6.18 Å². The summed E-state index contributed by atoms with van der Waals surface area (Å²) < 4.78 is 69.4. The van der Waals surface area contributed by atoms with Crippen LogP contribution < -0.4 is 15.4 Å². The molecule has 2 heterocycles. The van der Waals surface area contributed by atoms with Gasteiger partial charge in [-0.15, -0.1) is 0 Å². The van der Waals surface area contributed by atoms with E-state index in [2.05, 4.69) is 25.6 Å². The fourth-order valence-corrected chi connectivity index (χ4v) is 4.14. The molecule has 4 rings (SSSR count). The van der Waals surface area contributed by atoms with Crippen molar-refractivity contribution in [3.63, 3.8) is 0 Å². The van der Waals surface area contributed by atoms with E-state index in [1.807, 2.05) is 0 Å². The number of alkyl halides is 3. The Morgan fingerprint density at radius 3 is 2.59 bits per heavy atom. The minimum atomic E-state index is -4.56. The number of nitrogens with zero attached hydrogens (tertiary/aromatic N) is 2. The number of benzene rings is 1. The summed E-state index contributed by atoms with van der Waals surface area (Å²) in [5.74, 6) is 0.732. The van der Waals surface area contributed by atoms with Gasteiger partial charge in [0.2, 0.25) is 5.95 Å². The third-order valence-corrected chi connectivity index (χ3v) is 6.58. The van der Waals surface area contributed by atoms with Crippen LogP contribution in [0.2, 0.25) is 0 Å². The molecule has 1 fully saturated rings. The zero-order valence-corrected chi connectivity index (χ0v) is 18.2. The minimum absolute atomic E-state index is 0.0256. The van der Waals surface area contributed by atoms with Crippen LogP contribution in [-0.4, -0.2) is 43.3 Å². The smallest absolute Gasteiger partial charge is 0.418 e. The Balaban J connectivity index is 1.73. The van der Waals surface area contributed by atoms with Crippen LogP contribution in [-0.2, 0) is 16.0 Å². The van der Waals surface area contributed by atoms with Gasteiger partial charge in [-0.2, -0.15) is 23.1 Å². The number of rotatable bonds is 7. The molecule has 12 heteroatoms. The molecule has 172 valence electrons. The van der Waals surface area contributed by atoms with Crippen molar-refractivity contribution in [2.45, 2.75) is 30.3 Å². The largest absolute Gasteiger partial charge is 0.495 e. The first kappa shape index (κ1) is 22.2. The molecule has 0 radical (unpaired) electrons. The predicted octanol–water partition coefficient (Wildman–Crippen LogP) is 4.34. The van der Waals surface area contributed by atoms with Gasteiger partial charge in [0.15, 0.2) is 9.84 Å². The Bertz CT molecular complexity index is 1250. The van der Waals surface area contributed by atoms with Crippen molar-refractivity contribution in [3.05, 3.63) is 30.0 Å². The van der Waals surface area contributed by atoms with Gasteiger partial charge in [0, 0.05) is 25.1 Å². The van der Waals surface area contributed by atoms with Crippen molar-refractivity contribution >= 4 is 38.3 Å². The van der Waals surface area contributed by atoms with E-state index >= 15 is 0 Å². The predicted molar refractivity (Wildman–Crippen MR) is 114 cm³/mol. The van der Waals surface area contributed by atoms with Gasteiger partial charge in [-0.25, -0.2) is 8.42 Å². The Labute approximate surface area is 182 Å². The highest BCUT2D eigenvalue weighted by Crippen LogP contribution is 2.39. The third-order valence-electron chi connectivity index (χ3n) is 5.47. The summed E-state index contributed by atoms with van der Waals surface area (Å²) in [6, 6.07) is 4.23. The molecule has 0 bridgehead atoms. The lowest BCUT2D eigenvalue weighted by Crippen LogP contribution is -2.22. The van der Waals surface area contributed by atoms with Gasteiger partial charge in [0.25, 0.3) is 0 Å². The number of aromatic nitrogens is 3. The second-order valence-electron chi connectivity index (χ2n) is 7.76. The van der Waals surface area contributed by atoms with Crippen LogP contribution in [0.1, 0.15) is 24.8 Å². The first-order chi connectivity index (χ1) is 15.1. The Kier molecular flexibility index (Phi) is 5.65. The molecule has 1 saturated carbocycles. The fourth-order valence-electron chi connectivity index (χ4n) is 3.50. The maximum atomic E-state index is 13.5. The molecular weight excluding hydrogens is 447 g/mol. The molecule has 0 saturated heterocycles. The number of halogens is 3. The van der Waals surface area contributed by atoms with Crippen LogP contribution in [0.5, 0.6) is 5.75 Å². The number of H-pyrrole nitrogens is 1. The first-order valence-corrected chi connectivity index (χ1v) is 11.8. The average Bonchev–Trinajstić information content (AvgIpc) is 3.10. The van der Waals surface area contributed by atoms with Crippen LogP contribution in [0, 0.1) is 5.92 Å². The fraction of sp³-hybridized carbons (Fsp3) is 0.400. The summed E-state index contributed by atoms with van der Waals surface area (Å²) in [5, 5.41) is 5.84. The van der Waals surface area contributed by atoms with Gasteiger partial charge in [0.05, 0.1) is 28.6 Å². The second-order valence-corrected chi connectivity index (χ2v) is 9.77. The Hall–Kier alpha value is -3.02. The lowest BCUT2D eigenvalue weighted by atomic mass is 9.85. The van der Waals surface area contributed by atoms with E-state index in [9.17, 15) is 21.6 Å². The molecule has 0 spiro atoms. The normalized spacial score (nSPS) is 14.9. The molecule has 8 nitrogen and oxygen atoms in total. The van der Waals surface area contributed by atoms with Gasteiger partial charge in [-0.05, 0) is 30.9 Å². The standard InChI is InChI=1S/C20H22F3N5O3S/c1-31-15-8-12(32(2,29)30)6-7-14(15)26-19-27-17(24-9-11-4-3-5-11)16-13(20(21,22)23)10-25-18(16)28-19/h6-8,10-11H,3-5,9H2,1-2H3,(H3,24,25,26,27,28). The molecular formula is C20H22F3N5O3S. The van der Waals surface area contributed by atoms with E-state index in [4.69, 9.17) is 4.74 Å². The van der Waals surface area contributed by atoms with Gasteiger partial charge in [-0.3, -0.25) is 0 Å². The first-order valence-electron chi connectivity index (χ1n) is 9.91. The van der Waals surface area contributed by atoms with E-state index < -0.39 is 21.6 Å². The summed E-state index contributed by atoms with van der Waals surface area (Å²) >= 11 is 0. The number of methoxy groups -OCH3 is 1. The molecule has 32 heavy (non-hydrogen) atoms. The molecule has 3 N–H and O–H groups in total. The van der Waals surface area contributed by atoms with E-state index in [0.717, 1.165) is 31.7 Å². The van der Waals surface area contributed by atoms with Crippen LogP contribution >= 0.6 is 0 Å². The summed E-state index contributed by atoms with van der Waals surface area (Å²) in [4.78, 5) is 11.1. The van der Waals surface area contributed by atoms with Crippen LogP contribution in [0.15, 0.2) is 29.3 Å². The number of hydrogen-bond donors (Lipinski definition) is 3. The number of hydrogen-bond acceptors (Lipinski definition) is 7. The van der Waals surface area contributed by atoms with Crippen LogP contribution in [0.25, 0.3) is 11.0 Å². The zero-order valence-electron chi connectivity index (χ0n) is 17.4. The van der Waals surface area contributed by atoms with Crippen molar-refractivity contribution in [1.29, 1.82) is 0 Å². The van der Waals surface area contributed by atoms with E-state index in [-0.39, 0.29) is 33.4 Å². The Morgan fingerprint density at radius 2 is 2.00 bits per heavy atom. The van der Waals surface area contributed by atoms with Gasteiger partial charge in [0.1, 0.15) is 17.2 Å². The van der Waals surface area contributed by atoms with Crippen LogP contribution in [0.3, 0.4) is 0 Å². The molecule has 2 aromatic heterocycles. The van der Waals surface area contributed by atoms with Gasteiger partial charge in [-0.1, -0.05) is 6.42 Å². The molecule has 0 aliphatic heterocycles. The summed E-state index contributed by atoms with van der Waals surface area (Å²) in [6.07, 6.45) is 0.549. The van der Waals surface area contributed by atoms with Crippen molar-refractivity contribution < 1.29 is 26.3 Å². The number of ether oxygens (including phenoxy) is 1. The van der Waals surface area contributed by atoms with Crippen molar-refractivity contribution in [1.82, 2.24) is 15.0 Å². The monoisotopic (exact) mass is 469 g/mol. The lowest BCUT2D eigenvalue weighted by Gasteiger charge is -2.26. The highest BCUT2D eigenvalue weighted by Gasteiger charge is 2.36. The average molecular weight is 469 g/mol. The number of sulfone groups is 1. The molecule has 1 aliphatic rings. The molecule has 0 amide bonds. The minimum Gasteiger partial charge on any atom is -0.495 e. The molecule has 3 aromatic rings. The zero-order chi connectivity index (χ0) is 23.1. The second kappa shape index (κ2) is 8.15. The van der Waals surface area contributed by atoms with Crippen LogP contribution in [0.4, 0.5) is 30.6 Å². The third kappa shape index (κ3) is 4.45. The van der Waals surface area contributed by atoms with E-state index in [1.54, 1.807) is 0 Å². The highest BCUT2D eigenvalue weighted by molar-refractivity contribution is 7.90.